The van der Waals surface area contributed by atoms with Crippen LogP contribution in [0.25, 0.3) is 0 Å². The fourth-order valence-corrected chi connectivity index (χ4v) is 4.45. The predicted octanol–water partition coefficient (Wildman–Crippen LogP) is 2.57. The molecule has 0 spiro atoms. The highest BCUT2D eigenvalue weighted by molar-refractivity contribution is 5.81. The number of carbonyl (C=O) groups excluding carboxylic acids is 2. The predicted molar refractivity (Wildman–Crippen MR) is 106 cm³/mol. The summed E-state index contributed by atoms with van der Waals surface area (Å²) in [5, 5.41) is 9.37. The highest BCUT2D eigenvalue weighted by atomic mass is 16.4. The Morgan fingerprint density at radius 2 is 1.71 bits per heavy atom. The minimum Gasteiger partial charge on any atom is -0.481 e. The van der Waals surface area contributed by atoms with E-state index in [1.54, 1.807) is 4.90 Å². The van der Waals surface area contributed by atoms with Crippen molar-refractivity contribution in [2.45, 2.75) is 51.5 Å². The van der Waals surface area contributed by atoms with Gasteiger partial charge in [0.1, 0.15) is 0 Å². The lowest BCUT2D eigenvalue weighted by molar-refractivity contribution is -0.152. The number of rotatable bonds is 5. The summed E-state index contributed by atoms with van der Waals surface area (Å²) in [6, 6.07) is 9.73. The normalized spacial score (nSPS) is 23.5. The number of piperidine rings is 2. The molecule has 2 aliphatic rings. The van der Waals surface area contributed by atoms with Gasteiger partial charge < -0.3 is 14.9 Å². The lowest BCUT2D eigenvalue weighted by Gasteiger charge is -2.41. The smallest absolute Gasteiger partial charge is 0.308 e. The maximum absolute atomic E-state index is 12.9. The standard InChI is InChI=1S/C22H30N2O4/c1-16-19(22(27)28)8-5-13-24(16)21(26)18-11-14-23(15-12-18)20(25)10-9-17-6-3-2-4-7-17/h2-4,6-7,16,18-19H,5,8-15H2,1H3,(H,27,28)/t16-,19-/m1/s1. The molecule has 0 saturated carbocycles. The van der Waals surface area contributed by atoms with E-state index in [4.69, 9.17) is 0 Å². The van der Waals surface area contributed by atoms with E-state index in [2.05, 4.69) is 0 Å². The number of amides is 2. The van der Waals surface area contributed by atoms with E-state index >= 15 is 0 Å². The van der Waals surface area contributed by atoms with Crippen LogP contribution in [0.1, 0.15) is 44.6 Å². The van der Waals surface area contributed by atoms with Gasteiger partial charge in [-0.1, -0.05) is 30.3 Å². The van der Waals surface area contributed by atoms with Crippen LogP contribution in [-0.4, -0.2) is 58.4 Å². The molecule has 1 aromatic carbocycles. The molecule has 6 nitrogen and oxygen atoms in total. The summed E-state index contributed by atoms with van der Waals surface area (Å²) in [7, 11) is 0. The Morgan fingerprint density at radius 3 is 2.36 bits per heavy atom. The second kappa shape index (κ2) is 9.22. The fourth-order valence-electron chi connectivity index (χ4n) is 4.45. The molecule has 152 valence electrons. The van der Waals surface area contributed by atoms with Gasteiger partial charge in [0.2, 0.25) is 11.8 Å². The molecule has 0 aromatic heterocycles. The number of carboxylic acid groups (broad SMARTS) is 1. The zero-order valence-electron chi connectivity index (χ0n) is 16.5. The number of nitrogens with zero attached hydrogens (tertiary/aromatic N) is 2. The second-order valence-corrected chi connectivity index (χ2v) is 8.00. The lowest BCUT2D eigenvalue weighted by atomic mass is 9.87. The molecule has 1 N–H and O–H groups in total. The van der Waals surface area contributed by atoms with Gasteiger partial charge in [-0.25, -0.2) is 0 Å². The Morgan fingerprint density at radius 1 is 1.04 bits per heavy atom. The van der Waals surface area contributed by atoms with Crippen molar-refractivity contribution in [2.24, 2.45) is 11.8 Å². The molecular formula is C22H30N2O4. The average Bonchev–Trinajstić information content (AvgIpc) is 2.72. The Bertz CT molecular complexity index is 698. The van der Waals surface area contributed by atoms with Gasteiger partial charge in [0.05, 0.1) is 5.92 Å². The molecule has 0 radical (unpaired) electrons. The highest BCUT2D eigenvalue weighted by Gasteiger charge is 2.38. The monoisotopic (exact) mass is 386 g/mol. The number of hydrogen-bond donors (Lipinski definition) is 1. The SMILES string of the molecule is C[C@@H]1[C@H](C(=O)O)CCCN1C(=O)C1CCN(C(=O)CCc2ccccc2)CC1. The topological polar surface area (TPSA) is 77.9 Å². The lowest BCUT2D eigenvalue weighted by Crippen LogP contribution is -2.52. The molecule has 3 rings (SSSR count). The first-order valence-corrected chi connectivity index (χ1v) is 10.3. The summed E-state index contributed by atoms with van der Waals surface area (Å²) in [6.45, 7) is 3.70. The highest BCUT2D eigenvalue weighted by Crippen LogP contribution is 2.28. The minimum atomic E-state index is -0.816. The molecule has 2 fully saturated rings. The minimum absolute atomic E-state index is 0.0647. The van der Waals surface area contributed by atoms with Crippen molar-refractivity contribution in [3.8, 4) is 0 Å². The number of benzene rings is 1. The van der Waals surface area contributed by atoms with Crippen LogP contribution in [0.4, 0.5) is 0 Å². The Hall–Kier alpha value is -2.37. The molecule has 2 heterocycles. The molecular weight excluding hydrogens is 356 g/mol. The van der Waals surface area contributed by atoms with Crippen molar-refractivity contribution in [3.63, 3.8) is 0 Å². The number of likely N-dealkylation sites (tertiary alicyclic amines) is 2. The fraction of sp³-hybridized carbons (Fsp3) is 0.591. The zero-order valence-corrected chi connectivity index (χ0v) is 16.5. The average molecular weight is 386 g/mol. The Labute approximate surface area is 166 Å². The van der Waals surface area contributed by atoms with Gasteiger partial charge in [-0.3, -0.25) is 14.4 Å². The van der Waals surface area contributed by atoms with Gasteiger partial charge >= 0.3 is 5.97 Å². The van der Waals surface area contributed by atoms with Gasteiger partial charge in [-0.2, -0.15) is 0 Å². The summed E-state index contributed by atoms with van der Waals surface area (Å²) >= 11 is 0. The van der Waals surface area contributed by atoms with Crippen molar-refractivity contribution in [1.29, 1.82) is 0 Å². The third-order valence-corrected chi connectivity index (χ3v) is 6.26. The zero-order chi connectivity index (χ0) is 20.1. The van der Waals surface area contributed by atoms with Crippen molar-refractivity contribution >= 4 is 17.8 Å². The van der Waals surface area contributed by atoms with Crippen LogP contribution in [0.2, 0.25) is 0 Å². The van der Waals surface area contributed by atoms with E-state index in [1.165, 1.54) is 0 Å². The summed E-state index contributed by atoms with van der Waals surface area (Å²) < 4.78 is 0. The maximum atomic E-state index is 12.9. The number of carboxylic acids is 1. The second-order valence-electron chi connectivity index (χ2n) is 8.00. The van der Waals surface area contributed by atoms with E-state index in [0.29, 0.717) is 45.3 Å². The molecule has 0 unspecified atom stereocenters. The van der Waals surface area contributed by atoms with Crippen LogP contribution >= 0.6 is 0 Å². The van der Waals surface area contributed by atoms with Crippen LogP contribution in [0.3, 0.4) is 0 Å². The Kier molecular flexibility index (Phi) is 6.70. The summed E-state index contributed by atoms with van der Waals surface area (Å²) in [5.74, 6) is -1.18. The van der Waals surface area contributed by atoms with Crippen LogP contribution in [0.5, 0.6) is 0 Å². The summed E-state index contributed by atoms with van der Waals surface area (Å²) in [6.07, 6.45) is 3.93. The maximum Gasteiger partial charge on any atom is 0.308 e. The van der Waals surface area contributed by atoms with Crippen LogP contribution in [-0.2, 0) is 20.8 Å². The van der Waals surface area contributed by atoms with Gasteiger partial charge in [0.15, 0.2) is 0 Å². The first kappa shape index (κ1) is 20.4. The van der Waals surface area contributed by atoms with Gasteiger partial charge in [-0.15, -0.1) is 0 Å². The van der Waals surface area contributed by atoms with E-state index in [0.717, 1.165) is 18.4 Å². The molecule has 2 saturated heterocycles. The largest absolute Gasteiger partial charge is 0.481 e. The number of aliphatic carboxylic acids is 1. The summed E-state index contributed by atoms with van der Waals surface area (Å²) in [5.41, 5.74) is 1.16. The first-order chi connectivity index (χ1) is 13.5. The van der Waals surface area contributed by atoms with E-state index in [9.17, 15) is 19.5 Å². The number of hydrogen-bond acceptors (Lipinski definition) is 3. The third-order valence-electron chi connectivity index (χ3n) is 6.26. The van der Waals surface area contributed by atoms with Crippen molar-refractivity contribution in [3.05, 3.63) is 35.9 Å². The summed E-state index contributed by atoms with van der Waals surface area (Å²) in [4.78, 5) is 40.5. The third kappa shape index (κ3) is 4.72. The quantitative estimate of drug-likeness (QED) is 0.844. The van der Waals surface area contributed by atoms with Crippen molar-refractivity contribution in [1.82, 2.24) is 9.80 Å². The molecule has 2 aliphatic heterocycles. The Balaban J connectivity index is 1.48. The van der Waals surface area contributed by atoms with E-state index < -0.39 is 11.9 Å². The van der Waals surface area contributed by atoms with Crippen molar-refractivity contribution < 1.29 is 19.5 Å². The van der Waals surface area contributed by atoms with E-state index in [1.807, 2.05) is 42.2 Å². The van der Waals surface area contributed by atoms with Crippen LogP contribution in [0, 0.1) is 11.8 Å². The van der Waals surface area contributed by atoms with Gasteiger partial charge in [-0.05, 0) is 44.6 Å². The van der Waals surface area contributed by atoms with Crippen LogP contribution < -0.4 is 0 Å². The number of carbonyl (C=O) groups is 3. The van der Waals surface area contributed by atoms with Crippen molar-refractivity contribution in [2.75, 3.05) is 19.6 Å². The number of aryl methyl sites for hydroxylation is 1. The molecule has 2 atom stereocenters. The molecule has 0 aliphatic carbocycles. The van der Waals surface area contributed by atoms with Crippen LogP contribution in [0.15, 0.2) is 30.3 Å². The molecule has 6 heteroatoms. The molecule has 0 bridgehead atoms. The molecule has 28 heavy (non-hydrogen) atoms. The molecule has 1 aromatic rings. The van der Waals surface area contributed by atoms with Gasteiger partial charge in [0, 0.05) is 38.0 Å². The van der Waals surface area contributed by atoms with E-state index in [-0.39, 0.29) is 23.8 Å². The first-order valence-electron chi connectivity index (χ1n) is 10.3. The van der Waals surface area contributed by atoms with Gasteiger partial charge in [0.25, 0.3) is 0 Å². The molecule has 2 amide bonds.